The molecular weight excluding hydrogens is 424 g/mol. The van der Waals surface area contributed by atoms with Gasteiger partial charge >= 0.3 is 5.97 Å². The highest BCUT2D eigenvalue weighted by atomic mass is 79.9. The van der Waals surface area contributed by atoms with Crippen LogP contribution in [0.5, 0.6) is 0 Å². The quantitative estimate of drug-likeness (QED) is 0.342. The molecule has 142 valence electrons. The minimum absolute atomic E-state index is 0.0533. The van der Waals surface area contributed by atoms with Gasteiger partial charge in [-0.25, -0.2) is 14.8 Å². The molecule has 0 atom stereocenters. The fourth-order valence-electron chi connectivity index (χ4n) is 2.63. The van der Waals surface area contributed by atoms with Gasteiger partial charge < -0.3 is 15.8 Å². The van der Waals surface area contributed by atoms with Crippen LogP contribution in [0.3, 0.4) is 0 Å². The average Bonchev–Trinajstić information content (AvgIpc) is 2.69. The maximum atomic E-state index is 11.9. The number of carbonyl (C=O) groups excluding carboxylic acids is 2. The number of allylic oxidation sites excluding steroid dienone is 1. The van der Waals surface area contributed by atoms with Gasteiger partial charge in [0.1, 0.15) is 17.8 Å². The molecule has 1 aromatic heterocycles. The molecule has 0 unspecified atom stereocenters. The third-order valence-electron chi connectivity index (χ3n) is 3.94. The highest BCUT2D eigenvalue weighted by molar-refractivity contribution is 9.10. The Balaban J connectivity index is 2.08. The van der Waals surface area contributed by atoms with E-state index in [1.54, 1.807) is 25.1 Å². The van der Waals surface area contributed by atoms with Gasteiger partial charge in [0.25, 0.3) is 0 Å². The van der Waals surface area contributed by atoms with Gasteiger partial charge in [-0.15, -0.1) is 0 Å². The number of halogens is 1. The van der Waals surface area contributed by atoms with Crippen LogP contribution in [-0.4, -0.2) is 28.8 Å². The van der Waals surface area contributed by atoms with Crippen LogP contribution >= 0.6 is 15.9 Å². The molecule has 7 nitrogen and oxygen atoms in total. The van der Waals surface area contributed by atoms with E-state index in [1.807, 2.05) is 24.3 Å². The van der Waals surface area contributed by atoms with Crippen molar-refractivity contribution in [1.29, 1.82) is 0 Å². The van der Waals surface area contributed by atoms with Gasteiger partial charge in [-0.3, -0.25) is 4.79 Å². The van der Waals surface area contributed by atoms with Gasteiger partial charge in [-0.1, -0.05) is 28.1 Å². The van der Waals surface area contributed by atoms with Gasteiger partial charge in [-0.05, 0) is 42.8 Å². The minimum Gasteiger partial charge on any atom is -0.461 e. The molecule has 0 bridgehead atoms. The Hall–Kier alpha value is -3.26. The van der Waals surface area contributed by atoms with E-state index in [9.17, 15) is 9.59 Å². The van der Waals surface area contributed by atoms with Crippen LogP contribution in [0.2, 0.25) is 0 Å². The molecule has 0 amide bonds. The van der Waals surface area contributed by atoms with E-state index in [1.165, 1.54) is 6.33 Å². The number of aldehydes is 1. The van der Waals surface area contributed by atoms with Crippen LogP contribution in [0.15, 0.2) is 59.0 Å². The van der Waals surface area contributed by atoms with Crippen LogP contribution in [0.4, 0.5) is 11.5 Å². The molecule has 0 fully saturated rings. The molecule has 3 N–H and O–H groups in total. The Morgan fingerprint density at radius 2 is 2.07 bits per heavy atom. The summed E-state index contributed by atoms with van der Waals surface area (Å²) in [5.41, 5.74) is 7.63. The summed E-state index contributed by atoms with van der Waals surface area (Å²) in [4.78, 5) is 32.1. The first kappa shape index (κ1) is 19.5. The topological polar surface area (TPSA) is 107 Å². The standard InChI is InChI=1S/C20H17BrN4O3/c1-2-28-20(27)18(22)16(10-26)12-6-7-17-15(8-12)19(24-11-23-17)25-14-5-3-4-13(21)9-14/h3-11H,2,22H2,1H3,(H,23,24,25)/b18-16-. The predicted molar refractivity (Wildman–Crippen MR) is 111 cm³/mol. The highest BCUT2D eigenvalue weighted by Crippen LogP contribution is 2.27. The zero-order valence-corrected chi connectivity index (χ0v) is 16.6. The second-order valence-corrected chi connectivity index (χ2v) is 6.67. The molecule has 0 aliphatic rings. The Labute approximate surface area is 169 Å². The molecule has 0 aliphatic carbocycles. The fraction of sp³-hybridized carbons (Fsp3) is 0.100. The molecule has 0 spiro atoms. The first-order valence-corrected chi connectivity index (χ1v) is 9.22. The first-order chi connectivity index (χ1) is 13.5. The largest absolute Gasteiger partial charge is 0.461 e. The number of ether oxygens (including phenoxy) is 1. The van der Waals surface area contributed by atoms with E-state index >= 15 is 0 Å². The van der Waals surface area contributed by atoms with Crippen molar-refractivity contribution in [2.45, 2.75) is 6.92 Å². The van der Waals surface area contributed by atoms with Gasteiger partial charge in [-0.2, -0.15) is 0 Å². The molecule has 3 rings (SSSR count). The number of nitrogens with zero attached hydrogens (tertiary/aromatic N) is 2. The lowest BCUT2D eigenvalue weighted by Gasteiger charge is -2.11. The van der Waals surface area contributed by atoms with E-state index in [2.05, 4.69) is 31.2 Å². The Kier molecular flexibility index (Phi) is 6.00. The van der Waals surface area contributed by atoms with Crippen molar-refractivity contribution >= 4 is 56.2 Å². The minimum atomic E-state index is -0.735. The lowest BCUT2D eigenvalue weighted by Crippen LogP contribution is -2.17. The van der Waals surface area contributed by atoms with Gasteiger partial charge in [0, 0.05) is 15.5 Å². The number of nitrogens with two attached hydrogens (primary N) is 1. The van der Waals surface area contributed by atoms with Crippen molar-refractivity contribution < 1.29 is 14.3 Å². The molecule has 28 heavy (non-hydrogen) atoms. The zero-order chi connectivity index (χ0) is 20.1. The molecule has 0 saturated carbocycles. The zero-order valence-electron chi connectivity index (χ0n) is 15.0. The van der Waals surface area contributed by atoms with Crippen LogP contribution < -0.4 is 11.1 Å². The normalized spacial score (nSPS) is 11.6. The number of fused-ring (bicyclic) bond motifs is 1. The number of rotatable bonds is 6. The number of esters is 1. The van der Waals surface area contributed by atoms with Crippen molar-refractivity contribution in [1.82, 2.24) is 9.97 Å². The Morgan fingerprint density at radius 1 is 1.25 bits per heavy atom. The Morgan fingerprint density at radius 3 is 2.79 bits per heavy atom. The summed E-state index contributed by atoms with van der Waals surface area (Å²) in [6.07, 6.45) is 1.99. The fourth-order valence-corrected chi connectivity index (χ4v) is 3.03. The smallest absolute Gasteiger partial charge is 0.354 e. The number of hydrogen-bond donors (Lipinski definition) is 2. The maximum absolute atomic E-state index is 11.9. The van der Waals surface area contributed by atoms with E-state index in [0.29, 0.717) is 28.6 Å². The first-order valence-electron chi connectivity index (χ1n) is 8.43. The second-order valence-electron chi connectivity index (χ2n) is 5.76. The lowest BCUT2D eigenvalue weighted by atomic mass is 10.0. The number of anilines is 2. The van der Waals surface area contributed by atoms with Crippen molar-refractivity contribution in [3.8, 4) is 0 Å². The summed E-state index contributed by atoms with van der Waals surface area (Å²) >= 11 is 3.43. The van der Waals surface area contributed by atoms with Crippen LogP contribution in [-0.2, 0) is 14.3 Å². The average molecular weight is 441 g/mol. The van der Waals surface area contributed by atoms with Gasteiger partial charge in [0.15, 0.2) is 6.29 Å². The number of nitrogens with one attached hydrogen (secondary N) is 1. The molecule has 2 aromatic carbocycles. The molecule has 0 aliphatic heterocycles. The van der Waals surface area contributed by atoms with E-state index < -0.39 is 5.97 Å². The highest BCUT2D eigenvalue weighted by Gasteiger charge is 2.16. The monoisotopic (exact) mass is 440 g/mol. The van der Waals surface area contributed by atoms with Crippen molar-refractivity contribution in [3.63, 3.8) is 0 Å². The van der Waals surface area contributed by atoms with E-state index in [-0.39, 0.29) is 17.9 Å². The summed E-state index contributed by atoms with van der Waals surface area (Å²) < 4.78 is 5.81. The predicted octanol–water partition coefficient (Wildman–Crippen LogP) is 3.57. The van der Waals surface area contributed by atoms with Crippen molar-refractivity contribution in [2.24, 2.45) is 5.73 Å². The SMILES string of the molecule is CCOC(=O)/C(N)=C(\C=O)c1ccc2ncnc(Nc3cccc(Br)c3)c2c1. The number of benzene rings is 2. The summed E-state index contributed by atoms with van der Waals surface area (Å²) in [6.45, 7) is 1.83. The Bertz CT molecular complexity index is 1080. The molecule has 3 aromatic rings. The summed E-state index contributed by atoms with van der Waals surface area (Å²) in [5, 5.41) is 3.91. The van der Waals surface area contributed by atoms with Gasteiger partial charge in [0.2, 0.25) is 0 Å². The molecule has 8 heteroatoms. The third kappa shape index (κ3) is 4.17. The van der Waals surface area contributed by atoms with E-state index in [4.69, 9.17) is 10.5 Å². The molecule has 0 radical (unpaired) electrons. The van der Waals surface area contributed by atoms with Crippen LogP contribution in [0.1, 0.15) is 12.5 Å². The van der Waals surface area contributed by atoms with Gasteiger partial charge in [0.05, 0.1) is 17.7 Å². The summed E-state index contributed by atoms with van der Waals surface area (Å²) in [7, 11) is 0. The summed E-state index contributed by atoms with van der Waals surface area (Å²) in [5.74, 6) is -0.175. The number of aromatic nitrogens is 2. The van der Waals surface area contributed by atoms with Crippen molar-refractivity contribution in [3.05, 3.63) is 64.5 Å². The van der Waals surface area contributed by atoms with Crippen LogP contribution in [0.25, 0.3) is 16.5 Å². The molecule has 1 heterocycles. The second kappa shape index (κ2) is 8.62. The molecular formula is C20H17BrN4O3. The lowest BCUT2D eigenvalue weighted by molar-refractivity contribution is -0.138. The van der Waals surface area contributed by atoms with Crippen LogP contribution in [0, 0.1) is 0 Å². The molecule has 0 saturated heterocycles. The maximum Gasteiger partial charge on any atom is 0.354 e. The van der Waals surface area contributed by atoms with E-state index in [0.717, 1.165) is 10.2 Å². The number of carbonyl (C=O) groups is 2. The number of hydrogen-bond acceptors (Lipinski definition) is 7. The van der Waals surface area contributed by atoms with Crippen molar-refractivity contribution in [2.75, 3.05) is 11.9 Å². The summed E-state index contributed by atoms with van der Waals surface area (Å²) in [6, 6.07) is 12.8. The third-order valence-corrected chi connectivity index (χ3v) is 4.43.